The van der Waals surface area contributed by atoms with Crippen molar-refractivity contribution in [3.8, 4) is 0 Å². The lowest BCUT2D eigenvalue weighted by Gasteiger charge is -1.85. The molecule has 104 valence electrons. The van der Waals surface area contributed by atoms with Gasteiger partial charge in [0, 0.05) is 32.8 Å². The van der Waals surface area contributed by atoms with Crippen LogP contribution >= 0.6 is 0 Å². The molecule has 0 unspecified atom stereocenters. The van der Waals surface area contributed by atoms with E-state index in [9.17, 15) is 4.79 Å². The Morgan fingerprint density at radius 2 is 1.50 bits per heavy atom. The SMILES string of the molecule is C1CCOC1.C1CCOC1.C=C/C=C(\C)CC=O. The molecule has 2 aliphatic heterocycles. The highest BCUT2D eigenvalue weighted by Gasteiger charge is 1.95. The molecular formula is C15H26O3. The van der Waals surface area contributed by atoms with E-state index < -0.39 is 0 Å². The highest BCUT2D eigenvalue weighted by molar-refractivity contribution is 5.54. The first kappa shape index (κ1) is 17.1. The molecule has 2 saturated heterocycles. The minimum Gasteiger partial charge on any atom is -0.381 e. The van der Waals surface area contributed by atoms with Crippen LogP contribution in [0.4, 0.5) is 0 Å². The van der Waals surface area contributed by atoms with E-state index in [1.54, 1.807) is 6.08 Å². The largest absolute Gasteiger partial charge is 0.381 e. The number of hydrogen-bond donors (Lipinski definition) is 0. The molecule has 0 radical (unpaired) electrons. The van der Waals surface area contributed by atoms with E-state index in [2.05, 4.69) is 6.58 Å². The lowest BCUT2D eigenvalue weighted by atomic mass is 10.2. The van der Waals surface area contributed by atoms with Crippen molar-refractivity contribution < 1.29 is 14.3 Å². The van der Waals surface area contributed by atoms with Gasteiger partial charge in [0.1, 0.15) is 6.29 Å². The maximum Gasteiger partial charge on any atom is 0.124 e. The van der Waals surface area contributed by atoms with Crippen molar-refractivity contribution in [3.05, 3.63) is 24.3 Å². The van der Waals surface area contributed by atoms with Crippen LogP contribution in [-0.4, -0.2) is 32.7 Å². The van der Waals surface area contributed by atoms with Crippen molar-refractivity contribution >= 4 is 6.29 Å². The molecule has 0 N–H and O–H groups in total. The number of carbonyl (C=O) groups excluding carboxylic acids is 1. The van der Waals surface area contributed by atoms with Crippen LogP contribution in [0.2, 0.25) is 0 Å². The molecule has 0 aliphatic carbocycles. The highest BCUT2D eigenvalue weighted by Crippen LogP contribution is 1.98. The molecule has 3 heteroatoms. The zero-order valence-electron chi connectivity index (χ0n) is 11.5. The summed E-state index contributed by atoms with van der Waals surface area (Å²) in [6, 6.07) is 0. The molecule has 2 heterocycles. The standard InChI is InChI=1S/C7H10O.2C4H8O/c1-3-4-7(2)5-6-8;2*1-2-4-5-3-1/h3-4,6H,1,5H2,2H3;2*1-4H2/b7-4+;;. The molecule has 2 rings (SSSR count). The average Bonchev–Trinajstić information content (AvgIpc) is 3.09. The molecule has 18 heavy (non-hydrogen) atoms. The summed E-state index contributed by atoms with van der Waals surface area (Å²) < 4.78 is 9.89. The summed E-state index contributed by atoms with van der Waals surface area (Å²) in [5.74, 6) is 0. The Labute approximate surface area is 111 Å². The Kier molecular flexibility index (Phi) is 13.4. The van der Waals surface area contributed by atoms with Gasteiger partial charge in [-0.25, -0.2) is 0 Å². The van der Waals surface area contributed by atoms with Crippen LogP contribution in [0, 0.1) is 0 Å². The normalized spacial score (nSPS) is 18.2. The number of hydrogen-bond acceptors (Lipinski definition) is 3. The smallest absolute Gasteiger partial charge is 0.124 e. The van der Waals surface area contributed by atoms with Crippen molar-refractivity contribution in [2.75, 3.05) is 26.4 Å². The van der Waals surface area contributed by atoms with Crippen molar-refractivity contribution in [3.63, 3.8) is 0 Å². The predicted octanol–water partition coefficient (Wildman–Crippen LogP) is 3.30. The number of rotatable bonds is 3. The summed E-state index contributed by atoms with van der Waals surface area (Å²) in [6.45, 7) is 9.39. The third-order valence-electron chi connectivity index (χ3n) is 2.46. The van der Waals surface area contributed by atoms with E-state index in [4.69, 9.17) is 9.47 Å². The van der Waals surface area contributed by atoms with Crippen LogP contribution in [0.15, 0.2) is 24.3 Å². The zero-order chi connectivity index (χ0) is 13.5. The fourth-order valence-electron chi connectivity index (χ4n) is 1.42. The molecule has 0 spiro atoms. The Balaban J connectivity index is 0.000000250. The molecule has 3 nitrogen and oxygen atoms in total. The van der Waals surface area contributed by atoms with Crippen LogP contribution in [-0.2, 0) is 14.3 Å². The van der Waals surface area contributed by atoms with Crippen LogP contribution in [0.3, 0.4) is 0 Å². The Bertz CT molecular complexity index is 201. The highest BCUT2D eigenvalue weighted by atomic mass is 16.5. The van der Waals surface area contributed by atoms with Crippen LogP contribution < -0.4 is 0 Å². The number of allylic oxidation sites excluding steroid dienone is 3. The summed E-state index contributed by atoms with van der Waals surface area (Å²) >= 11 is 0. The lowest BCUT2D eigenvalue weighted by molar-refractivity contribution is -0.107. The van der Waals surface area contributed by atoms with Gasteiger partial charge in [0.05, 0.1) is 0 Å². The molecule has 0 aromatic carbocycles. The monoisotopic (exact) mass is 254 g/mol. The Morgan fingerprint density at radius 1 is 1.06 bits per heavy atom. The molecule has 0 aromatic rings. The first-order valence-corrected chi connectivity index (χ1v) is 6.68. The van der Waals surface area contributed by atoms with E-state index in [0.29, 0.717) is 6.42 Å². The Morgan fingerprint density at radius 3 is 1.72 bits per heavy atom. The quantitative estimate of drug-likeness (QED) is 0.572. The molecule has 0 atom stereocenters. The van der Waals surface area contributed by atoms with Crippen molar-refractivity contribution in [2.24, 2.45) is 0 Å². The van der Waals surface area contributed by atoms with Gasteiger partial charge in [-0.2, -0.15) is 0 Å². The first-order chi connectivity index (χ1) is 8.81. The van der Waals surface area contributed by atoms with Crippen molar-refractivity contribution in [2.45, 2.75) is 39.0 Å². The van der Waals surface area contributed by atoms with Gasteiger partial charge >= 0.3 is 0 Å². The van der Waals surface area contributed by atoms with Gasteiger partial charge in [-0.3, -0.25) is 0 Å². The Hall–Kier alpha value is -0.930. The van der Waals surface area contributed by atoms with E-state index in [0.717, 1.165) is 38.3 Å². The number of aldehydes is 1. The van der Waals surface area contributed by atoms with Crippen molar-refractivity contribution in [1.29, 1.82) is 0 Å². The third-order valence-corrected chi connectivity index (χ3v) is 2.46. The summed E-state index contributed by atoms with van der Waals surface area (Å²) in [6.07, 6.45) is 10.0. The van der Waals surface area contributed by atoms with Gasteiger partial charge < -0.3 is 14.3 Å². The van der Waals surface area contributed by atoms with E-state index >= 15 is 0 Å². The fourth-order valence-corrected chi connectivity index (χ4v) is 1.42. The van der Waals surface area contributed by atoms with Crippen LogP contribution in [0.5, 0.6) is 0 Å². The van der Waals surface area contributed by atoms with Gasteiger partial charge in [0.15, 0.2) is 0 Å². The minimum absolute atomic E-state index is 0.520. The lowest BCUT2D eigenvalue weighted by Crippen LogP contribution is -1.74. The fraction of sp³-hybridized carbons (Fsp3) is 0.667. The van der Waals surface area contributed by atoms with E-state index in [-0.39, 0.29) is 0 Å². The second-order valence-electron chi connectivity index (χ2n) is 4.26. The number of carbonyl (C=O) groups is 1. The maximum absolute atomic E-state index is 9.81. The molecule has 0 bridgehead atoms. The summed E-state index contributed by atoms with van der Waals surface area (Å²) in [7, 11) is 0. The number of ether oxygens (including phenoxy) is 2. The van der Waals surface area contributed by atoms with E-state index in [1.807, 2.05) is 13.0 Å². The van der Waals surface area contributed by atoms with Gasteiger partial charge in [0.25, 0.3) is 0 Å². The van der Waals surface area contributed by atoms with Gasteiger partial charge in [-0.15, -0.1) is 0 Å². The van der Waals surface area contributed by atoms with Gasteiger partial charge in [-0.05, 0) is 32.6 Å². The molecule has 0 amide bonds. The average molecular weight is 254 g/mol. The second-order valence-corrected chi connectivity index (χ2v) is 4.26. The topological polar surface area (TPSA) is 35.5 Å². The summed E-state index contributed by atoms with van der Waals surface area (Å²) in [5, 5.41) is 0. The summed E-state index contributed by atoms with van der Waals surface area (Å²) in [5.41, 5.74) is 1.05. The second kappa shape index (κ2) is 14.1. The molecule has 0 saturated carbocycles. The molecule has 0 aromatic heterocycles. The third kappa shape index (κ3) is 13.1. The van der Waals surface area contributed by atoms with Crippen LogP contribution in [0.1, 0.15) is 39.0 Å². The molecular weight excluding hydrogens is 228 g/mol. The van der Waals surface area contributed by atoms with Gasteiger partial charge in [0.2, 0.25) is 0 Å². The molecule has 2 fully saturated rings. The van der Waals surface area contributed by atoms with E-state index in [1.165, 1.54) is 25.7 Å². The minimum atomic E-state index is 0.520. The first-order valence-electron chi connectivity index (χ1n) is 6.68. The van der Waals surface area contributed by atoms with Crippen molar-refractivity contribution in [1.82, 2.24) is 0 Å². The van der Waals surface area contributed by atoms with Gasteiger partial charge in [-0.1, -0.05) is 24.3 Å². The predicted molar refractivity (Wildman–Crippen MR) is 74.7 cm³/mol. The maximum atomic E-state index is 9.81. The summed E-state index contributed by atoms with van der Waals surface area (Å²) in [4.78, 5) is 9.81. The zero-order valence-corrected chi connectivity index (χ0v) is 11.5. The van der Waals surface area contributed by atoms with Crippen LogP contribution in [0.25, 0.3) is 0 Å². The molecule has 2 aliphatic rings.